The van der Waals surface area contributed by atoms with Gasteiger partial charge in [-0.3, -0.25) is 4.79 Å². The second-order valence-corrected chi connectivity index (χ2v) is 7.04. The molecule has 8 nitrogen and oxygen atoms in total. The second-order valence-electron chi connectivity index (χ2n) is 7.04. The lowest BCUT2D eigenvalue weighted by molar-refractivity contribution is -0.115. The predicted molar refractivity (Wildman–Crippen MR) is 112 cm³/mol. The molecule has 3 N–H and O–H groups in total. The summed E-state index contributed by atoms with van der Waals surface area (Å²) in [6, 6.07) is 14.9. The van der Waals surface area contributed by atoms with Crippen molar-refractivity contribution >= 4 is 11.9 Å². The molecule has 0 bridgehead atoms. The molecular weight excluding hydrogens is 382 g/mol. The Bertz CT molecular complexity index is 1120. The maximum atomic E-state index is 12.3. The third kappa shape index (κ3) is 3.59. The smallest absolute Gasteiger partial charge is 0.248 e. The Balaban J connectivity index is 1.76. The Labute approximate surface area is 174 Å². The van der Waals surface area contributed by atoms with Crippen LogP contribution in [0.3, 0.4) is 0 Å². The lowest BCUT2D eigenvalue weighted by Crippen LogP contribution is -2.31. The average molecular weight is 405 g/mol. The van der Waals surface area contributed by atoms with Gasteiger partial charge in [-0.05, 0) is 37.1 Å². The first kappa shape index (κ1) is 19.5. The Kier molecular flexibility index (Phi) is 5.14. The van der Waals surface area contributed by atoms with Gasteiger partial charge in [-0.15, -0.1) is 0 Å². The number of hydrogen-bond acceptors (Lipinski definition) is 6. The Hall–Kier alpha value is -3.81. The van der Waals surface area contributed by atoms with E-state index in [1.54, 1.807) is 25.6 Å². The summed E-state index contributed by atoms with van der Waals surface area (Å²) in [5.41, 5.74) is 8.62. The van der Waals surface area contributed by atoms with Crippen LogP contribution in [0.2, 0.25) is 0 Å². The van der Waals surface area contributed by atoms with Crippen molar-refractivity contribution in [2.75, 3.05) is 12.4 Å². The molecule has 0 saturated carbocycles. The highest BCUT2D eigenvalue weighted by Crippen LogP contribution is 2.38. The van der Waals surface area contributed by atoms with E-state index in [2.05, 4.69) is 15.4 Å². The number of nitrogens with one attached hydrogen (secondary N) is 1. The van der Waals surface area contributed by atoms with Gasteiger partial charge in [0.1, 0.15) is 18.5 Å². The molecule has 0 spiro atoms. The number of amides is 1. The molecule has 0 fully saturated rings. The van der Waals surface area contributed by atoms with E-state index >= 15 is 0 Å². The molecule has 3 aromatic rings. The van der Waals surface area contributed by atoms with Gasteiger partial charge in [-0.2, -0.15) is 10.1 Å². The number of fused-ring (bicyclic) bond motifs is 1. The normalized spacial score (nSPS) is 15.4. The Morgan fingerprint density at radius 2 is 1.93 bits per heavy atom. The van der Waals surface area contributed by atoms with Crippen LogP contribution in [0.1, 0.15) is 29.9 Å². The highest BCUT2D eigenvalue weighted by Gasteiger charge is 2.33. The van der Waals surface area contributed by atoms with Crippen LogP contribution >= 0.6 is 0 Å². The quantitative estimate of drug-likeness (QED) is 0.653. The van der Waals surface area contributed by atoms with Gasteiger partial charge in [-0.25, -0.2) is 4.68 Å². The number of nitrogens with two attached hydrogens (primary N) is 1. The largest absolute Gasteiger partial charge is 0.493 e. The van der Waals surface area contributed by atoms with Crippen LogP contribution in [0.4, 0.5) is 5.95 Å². The summed E-state index contributed by atoms with van der Waals surface area (Å²) in [4.78, 5) is 16.7. The molecule has 1 aliphatic rings. The van der Waals surface area contributed by atoms with Gasteiger partial charge in [0.2, 0.25) is 11.9 Å². The summed E-state index contributed by atoms with van der Waals surface area (Å²) in [7, 11) is 1.59. The number of carbonyl (C=O) groups excluding carboxylic acids is 1. The van der Waals surface area contributed by atoms with Crippen LogP contribution in [0.25, 0.3) is 0 Å². The van der Waals surface area contributed by atoms with E-state index < -0.39 is 11.9 Å². The number of carbonyl (C=O) groups is 1. The molecule has 154 valence electrons. The minimum atomic E-state index is -0.523. The predicted octanol–water partition coefficient (Wildman–Crippen LogP) is 2.95. The number of ether oxygens (including phenoxy) is 2. The third-order valence-electron chi connectivity index (χ3n) is 4.96. The summed E-state index contributed by atoms with van der Waals surface area (Å²) in [6.45, 7) is 3.99. The van der Waals surface area contributed by atoms with Crippen molar-refractivity contribution in [1.82, 2.24) is 14.8 Å². The highest BCUT2D eigenvalue weighted by atomic mass is 16.5. The van der Waals surface area contributed by atoms with Gasteiger partial charge in [0.15, 0.2) is 11.5 Å². The average Bonchev–Trinajstić information content (AvgIpc) is 3.11. The highest BCUT2D eigenvalue weighted by molar-refractivity contribution is 5.95. The van der Waals surface area contributed by atoms with Gasteiger partial charge in [0.25, 0.3) is 0 Å². The minimum Gasteiger partial charge on any atom is -0.493 e. The van der Waals surface area contributed by atoms with Crippen LogP contribution < -0.4 is 20.5 Å². The van der Waals surface area contributed by atoms with E-state index in [1.165, 1.54) is 0 Å². The summed E-state index contributed by atoms with van der Waals surface area (Å²) in [5, 5.41) is 7.58. The summed E-state index contributed by atoms with van der Waals surface area (Å²) in [5.74, 6) is 1.79. The zero-order valence-corrected chi connectivity index (χ0v) is 17.0. The molecule has 0 radical (unpaired) electrons. The fourth-order valence-corrected chi connectivity index (χ4v) is 3.60. The van der Waals surface area contributed by atoms with E-state index in [0.29, 0.717) is 41.1 Å². The first-order chi connectivity index (χ1) is 14.5. The third-order valence-corrected chi connectivity index (χ3v) is 4.96. The molecule has 1 atom stereocenters. The van der Waals surface area contributed by atoms with Gasteiger partial charge in [0.05, 0.1) is 12.7 Å². The Morgan fingerprint density at radius 1 is 1.17 bits per heavy atom. The van der Waals surface area contributed by atoms with E-state index in [4.69, 9.17) is 15.2 Å². The topological polar surface area (TPSA) is 104 Å². The van der Waals surface area contributed by atoms with Crippen LogP contribution in [0.15, 0.2) is 59.8 Å². The molecular formula is C22H23N5O3. The number of aryl methyl sites for hydroxylation is 1. The number of methoxy groups -OCH3 is 1. The van der Waals surface area contributed by atoms with Crippen molar-refractivity contribution in [2.45, 2.75) is 26.5 Å². The fraction of sp³-hybridized carbons (Fsp3) is 0.227. The molecule has 2 aromatic carbocycles. The van der Waals surface area contributed by atoms with Crippen LogP contribution in [0.5, 0.6) is 11.5 Å². The van der Waals surface area contributed by atoms with Gasteiger partial charge < -0.3 is 20.5 Å². The molecule has 0 aliphatic carbocycles. The van der Waals surface area contributed by atoms with Crippen LogP contribution in [0, 0.1) is 6.92 Å². The first-order valence-corrected chi connectivity index (χ1v) is 9.53. The van der Waals surface area contributed by atoms with Crippen LogP contribution in [-0.4, -0.2) is 27.8 Å². The van der Waals surface area contributed by atoms with Gasteiger partial charge in [-0.1, -0.05) is 36.4 Å². The molecule has 0 unspecified atom stereocenters. The number of aromatic nitrogens is 3. The lowest BCUT2D eigenvalue weighted by atomic mass is 9.95. The van der Waals surface area contributed by atoms with Crippen molar-refractivity contribution in [2.24, 2.45) is 5.73 Å². The van der Waals surface area contributed by atoms with Gasteiger partial charge in [0, 0.05) is 5.70 Å². The first-order valence-electron chi connectivity index (χ1n) is 9.53. The fourth-order valence-electron chi connectivity index (χ4n) is 3.60. The molecule has 1 amide bonds. The number of benzene rings is 2. The maximum Gasteiger partial charge on any atom is 0.248 e. The Morgan fingerprint density at radius 3 is 2.63 bits per heavy atom. The molecule has 1 aromatic heterocycles. The second kappa shape index (κ2) is 7.90. The molecule has 30 heavy (non-hydrogen) atoms. The van der Waals surface area contributed by atoms with E-state index in [-0.39, 0.29) is 0 Å². The summed E-state index contributed by atoms with van der Waals surface area (Å²) >= 11 is 0. The summed E-state index contributed by atoms with van der Waals surface area (Å²) in [6.07, 6.45) is 0. The van der Waals surface area contributed by atoms with Crippen molar-refractivity contribution in [1.29, 1.82) is 0 Å². The van der Waals surface area contributed by atoms with Crippen molar-refractivity contribution in [3.05, 3.63) is 76.8 Å². The molecule has 1 aliphatic heterocycles. The SMILES string of the molecule is COc1ccc([C@@H]2C(C(N)=O)=C(C)Nc3nc(C)nn32)cc1OCc1ccccc1. The van der Waals surface area contributed by atoms with E-state index in [0.717, 1.165) is 11.1 Å². The molecule has 0 saturated heterocycles. The molecule has 4 rings (SSSR count). The van der Waals surface area contributed by atoms with Crippen molar-refractivity contribution in [3.63, 3.8) is 0 Å². The molecule has 2 heterocycles. The van der Waals surface area contributed by atoms with Crippen molar-refractivity contribution in [3.8, 4) is 11.5 Å². The van der Waals surface area contributed by atoms with E-state index in [9.17, 15) is 4.79 Å². The molecule has 8 heteroatoms. The number of anilines is 1. The van der Waals surface area contributed by atoms with E-state index in [1.807, 2.05) is 48.5 Å². The standard InChI is InChI=1S/C22H23N5O3/c1-13-19(21(23)28)20(27-22(24-13)25-14(2)26-27)16-9-10-17(29-3)18(11-16)30-12-15-7-5-4-6-8-15/h4-11,20H,12H2,1-3H3,(H2,23,28)(H,24,25,26)/t20-/m1/s1. The van der Waals surface area contributed by atoms with Crippen molar-refractivity contribution < 1.29 is 14.3 Å². The number of primary amides is 1. The minimum absolute atomic E-state index is 0.387. The maximum absolute atomic E-state index is 12.3. The number of hydrogen-bond donors (Lipinski definition) is 2. The lowest BCUT2D eigenvalue weighted by Gasteiger charge is -2.28. The monoisotopic (exact) mass is 405 g/mol. The number of nitrogens with zero attached hydrogens (tertiary/aromatic N) is 3. The van der Waals surface area contributed by atoms with Crippen LogP contribution in [-0.2, 0) is 11.4 Å². The number of allylic oxidation sites excluding steroid dienone is 1. The number of rotatable bonds is 6. The zero-order chi connectivity index (χ0) is 21.3. The zero-order valence-electron chi connectivity index (χ0n) is 17.0. The van der Waals surface area contributed by atoms with Gasteiger partial charge >= 0.3 is 0 Å². The summed E-state index contributed by atoms with van der Waals surface area (Å²) < 4.78 is 13.2.